The second kappa shape index (κ2) is 6.24. The fourth-order valence-corrected chi connectivity index (χ4v) is 2.08. The summed E-state index contributed by atoms with van der Waals surface area (Å²) in [6.45, 7) is 1.80. The Hall–Kier alpha value is -0.770. The van der Waals surface area contributed by atoms with E-state index in [1.807, 2.05) is 0 Å². The lowest BCUT2D eigenvalue weighted by Gasteiger charge is -2.26. The van der Waals surface area contributed by atoms with E-state index in [9.17, 15) is 5.11 Å². The van der Waals surface area contributed by atoms with Crippen molar-refractivity contribution in [3.8, 4) is 5.75 Å². The first kappa shape index (κ1) is 12.7. The number of rotatable bonds is 4. The van der Waals surface area contributed by atoms with Crippen molar-refractivity contribution in [1.29, 1.82) is 0 Å². The number of ether oxygens (including phenoxy) is 2. The molecule has 1 aliphatic heterocycles. The molecule has 94 valence electrons. The maximum absolute atomic E-state index is 9.98. The average Bonchev–Trinajstić information content (AvgIpc) is 2.39. The largest absolute Gasteiger partial charge is 0.491 e. The number of aliphatic hydroxyl groups is 1. The van der Waals surface area contributed by atoms with Gasteiger partial charge in [-0.15, -0.1) is 0 Å². The minimum Gasteiger partial charge on any atom is -0.491 e. The fraction of sp³-hybridized carbons (Fsp3) is 0.538. The highest BCUT2D eigenvalue weighted by Gasteiger charge is 2.22. The second-order valence-corrected chi connectivity index (χ2v) is 4.72. The van der Waals surface area contributed by atoms with Gasteiger partial charge in [0, 0.05) is 18.2 Å². The third-order valence-corrected chi connectivity index (χ3v) is 3.30. The summed E-state index contributed by atoms with van der Waals surface area (Å²) in [5.41, 5.74) is 0. The van der Waals surface area contributed by atoms with Crippen LogP contribution in [0, 0.1) is 5.92 Å². The Morgan fingerprint density at radius 2 is 1.94 bits per heavy atom. The molecule has 1 aliphatic rings. The van der Waals surface area contributed by atoms with Gasteiger partial charge in [-0.05, 0) is 43.0 Å². The summed E-state index contributed by atoms with van der Waals surface area (Å²) < 4.78 is 10.8. The van der Waals surface area contributed by atoms with Crippen LogP contribution >= 0.6 is 11.6 Å². The van der Waals surface area contributed by atoms with E-state index in [2.05, 4.69) is 0 Å². The average molecular weight is 257 g/mol. The zero-order valence-electron chi connectivity index (χ0n) is 9.64. The summed E-state index contributed by atoms with van der Waals surface area (Å²) in [6.07, 6.45) is 1.39. The molecule has 1 saturated heterocycles. The van der Waals surface area contributed by atoms with Crippen LogP contribution in [-0.4, -0.2) is 31.0 Å². The van der Waals surface area contributed by atoms with E-state index in [1.54, 1.807) is 24.3 Å². The molecule has 0 aromatic heterocycles. The van der Waals surface area contributed by atoms with Gasteiger partial charge in [0.25, 0.3) is 0 Å². The second-order valence-electron chi connectivity index (χ2n) is 4.28. The molecule has 0 bridgehead atoms. The maximum Gasteiger partial charge on any atom is 0.119 e. The standard InChI is InChI=1S/C13H17ClO3/c14-11-1-3-12(4-2-11)17-9-13(15)10-5-7-16-8-6-10/h1-4,10,13,15H,5-9H2. The first-order valence-electron chi connectivity index (χ1n) is 5.90. The summed E-state index contributed by atoms with van der Waals surface area (Å²) in [5.74, 6) is 1.02. The van der Waals surface area contributed by atoms with Crippen molar-refractivity contribution in [2.75, 3.05) is 19.8 Å². The molecule has 1 heterocycles. The van der Waals surface area contributed by atoms with Gasteiger partial charge in [0.05, 0.1) is 6.10 Å². The van der Waals surface area contributed by atoms with Crippen molar-refractivity contribution in [3.63, 3.8) is 0 Å². The fourth-order valence-electron chi connectivity index (χ4n) is 1.95. The topological polar surface area (TPSA) is 38.7 Å². The van der Waals surface area contributed by atoms with Crippen LogP contribution in [0.1, 0.15) is 12.8 Å². The molecule has 1 unspecified atom stereocenters. The van der Waals surface area contributed by atoms with E-state index < -0.39 is 6.10 Å². The smallest absolute Gasteiger partial charge is 0.119 e. The quantitative estimate of drug-likeness (QED) is 0.900. The first-order valence-corrected chi connectivity index (χ1v) is 6.27. The van der Waals surface area contributed by atoms with Crippen molar-refractivity contribution in [2.45, 2.75) is 18.9 Å². The van der Waals surface area contributed by atoms with E-state index >= 15 is 0 Å². The van der Waals surface area contributed by atoms with Gasteiger partial charge in [0.1, 0.15) is 12.4 Å². The summed E-state index contributed by atoms with van der Waals surface area (Å²) in [7, 11) is 0. The molecule has 1 fully saturated rings. The van der Waals surface area contributed by atoms with Crippen molar-refractivity contribution < 1.29 is 14.6 Å². The number of hydrogen-bond acceptors (Lipinski definition) is 3. The van der Waals surface area contributed by atoms with Gasteiger partial charge < -0.3 is 14.6 Å². The minimum absolute atomic E-state index is 0.288. The van der Waals surface area contributed by atoms with Gasteiger partial charge in [-0.1, -0.05) is 11.6 Å². The molecule has 0 saturated carbocycles. The molecule has 4 heteroatoms. The SMILES string of the molecule is OC(COc1ccc(Cl)cc1)C1CCOCC1. The minimum atomic E-state index is -0.422. The molecular formula is C13H17ClO3. The Morgan fingerprint density at radius 1 is 1.29 bits per heavy atom. The van der Waals surface area contributed by atoms with Gasteiger partial charge in [-0.2, -0.15) is 0 Å². The maximum atomic E-state index is 9.98. The molecule has 1 aromatic rings. The van der Waals surface area contributed by atoms with Crippen LogP contribution in [0.2, 0.25) is 5.02 Å². The Morgan fingerprint density at radius 3 is 2.59 bits per heavy atom. The Kier molecular flexibility index (Phi) is 4.66. The van der Waals surface area contributed by atoms with Crippen molar-refractivity contribution >= 4 is 11.6 Å². The van der Waals surface area contributed by atoms with Crippen LogP contribution in [0.25, 0.3) is 0 Å². The van der Waals surface area contributed by atoms with E-state index in [0.717, 1.165) is 31.8 Å². The van der Waals surface area contributed by atoms with Crippen molar-refractivity contribution in [2.24, 2.45) is 5.92 Å². The predicted octanol–water partition coefficient (Wildman–Crippen LogP) is 2.51. The molecule has 2 rings (SSSR count). The summed E-state index contributed by atoms with van der Waals surface area (Å²) in [4.78, 5) is 0. The van der Waals surface area contributed by atoms with Crippen LogP contribution in [0.15, 0.2) is 24.3 Å². The van der Waals surface area contributed by atoms with Crippen LogP contribution < -0.4 is 4.74 Å². The van der Waals surface area contributed by atoms with Crippen LogP contribution in [0.5, 0.6) is 5.75 Å². The highest BCUT2D eigenvalue weighted by Crippen LogP contribution is 2.20. The highest BCUT2D eigenvalue weighted by atomic mass is 35.5. The lowest BCUT2D eigenvalue weighted by Crippen LogP contribution is -2.31. The van der Waals surface area contributed by atoms with E-state index in [0.29, 0.717) is 11.6 Å². The molecule has 0 aliphatic carbocycles. The van der Waals surface area contributed by atoms with Crippen molar-refractivity contribution in [3.05, 3.63) is 29.3 Å². The molecule has 1 atom stereocenters. The molecular weight excluding hydrogens is 240 g/mol. The lowest BCUT2D eigenvalue weighted by molar-refractivity contribution is -0.0101. The first-order chi connectivity index (χ1) is 8.25. The predicted molar refractivity (Wildman–Crippen MR) is 66.5 cm³/mol. The normalized spacial score (nSPS) is 18.9. The molecule has 1 N–H and O–H groups in total. The van der Waals surface area contributed by atoms with E-state index in [4.69, 9.17) is 21.1 Å². The Labute approximate surface area is 106 Å². The van der Waals surface area contributed by atoms with Crippen LogP contribution in [-0.2, 0) is 4.74 Å². The van der Waals surface area contributed by atoms with E-state index in [1.165, 1.54) is 0 Å². The third kappa shape index (κ3) is 3.87. The monoisotopic (exact) mass is 256 g/mol. The number of hydrogen-bond donors (Lipinski definition) is 1. The van der Waals surface area contributed by atoms with Gasteiger partial charge in [0.2, 0.25) is 0 Å². The van der Waals surface area contributed by atoms with E-state index in [-0.39, 0.29) is 5.92 Å². The van der Waals surface area contributed by atoms with Gasteiger partial charge in [0.15, 0.2) is 0 Å². The molecule has 1 aromatic carbocycles. The molecule has 3 nitrogen and oxygen atoms in total. The zero-order valence-corrected chi connectivity index (χ0v) is 10.4. The van der Waals surface area contributed by atoms with Gasteiger partial charge >= 0.3 is 0 Å². The van der Waals surface area contributed by atoms with Crippen molar-refractivity contribution in [1.82, 2.24) is 0 Å². The molecule has 0 spiro atoms. The number of aliphatic hydroxyl groups excluding tert-OH is 1. The molecule has 17 heavy (non-hydrogen) atoms. The Bertz CT molecular complexity index is 333. The van der Waals surface area contributed by atoms with Crippen LogP contribution in [0.4, 0.5) is 0 Å². The Balaban J connectivity index is 1.78. The van der Waals surface area contributed by atoms with Gasteiger partial charge in [-0.25, -0.2) is 0 Å². The highest BCUT2D eigenvalue weighted by molar-refractivity contribution is 6.30. The lowest BCUT2D eigenvalue weighted by atomic mass is 9.94. The zero-order chi connectivity index (χ0) is 12.1. The number of halogens is 1. The summed E-state index contributed by atoms with van der Waals surface area (Å²) in [6, 6.07) is 7.16. The third-order valence-electron chi connectivity index (χ3n) is 3.04. The molecule has 0 radical (unpaired) electrons. The number of benzene rings is 1. The molecule has 0 amide bonds. The summed E-state index contributed by atoms with van der Waals surface area (Å²) in [5, 5.41) is 10.7. The van der Waals surface area contributed by atoms with Gasteiger partial charge in [-0.3, -0.25) is 0 Å². The summed E-state index contributed by atoms with van der Waals surface area (Å²) >= 11 is 5.78. The van der Waals surface area contributed by atoms with Crippen LogP contribution in [0.3, 0.4) is 0 Å².